The van der Waals surface area contributed by atoms with Crippen molar-refractivity contribution in [1.82, 2.24) is 9.55 Å². The van der Waals surface area contributed by atoms with E-state index >= 15 is 0 Å². The van der Waals surface area contributed by atoms with Crippen LogP contribution in [-0.2, 0) is 0 Å². The first-order valence-corrected chi connectivity index (χ1v) is 8.52. The Hall–Kier alpha value is -2.78. The molecule has 0 fully saturated rings. The molecule has 4 rings (SSSR count). The van der Waals surface area contributed by atoms with Gasteiger partial charge in [0.1, 0.15) is 5.82 Å². The zero-order valence-corrected chi connectivity index (χ0v) is 14.9. The Morgan fingerprint density at radius 1 is 0.840 bits per heavy atom. The van der Waals surface area contributed by atoms with Gasteiger partial charge in [0, 0.05) is 36.1 Å². The lowest BCUT2D eigenvalue weighted by Crippen LogP contribution is -2.08. The summed E-state index contributed by atoms with van der Waals surface area (Å²) in [5.41, 5.74) is 5.36. The van der Waals surface area contributed by atoms with Crippen LogP contribution in [0.3, 0.4) is 0 Å². The van der Waals surface area contributed by atoms with Crippen LogP contribution < -0.4 is 4.90 Å². The zero-order chi connectivity index (χ0) is 17.4. The van der Waals surface area contributed by atoms with Crippen LogP contribution in [-0.4, -0.2) is 23.6 Å². The van der Waals surface area contributed by atoms with Crippen LogP contribution in [0.15, 0.2) is 72.8 Å². The van der Waals surface area contributed by atoms with E-state index in [2.05, 4.69) is 39.8 Å². The van der Waals surface area contributed by atoms with Crippen molar-refractivity contribution in [2.45, 2.75) is 0 Å². The maximum atomic E-state index is 6.05. The minimum Gasteiger partial charge on any atom is -0.378 e. The number of rotatable bonds is 3. The maximum Gasteiger partial charge on any atom is 0.145 e. The molecule has 0 bridgehead atoms. The maximum absolute atomic E-state index is 6.05. The average Bonchev–Trinajstić information content (AvgIpc) is 3.02. The molecule has 0 atom stereocenters. The van der Waals surface area contributed by atoms with E-state index in [0.717, 1.165) is 33.1 Å². The molecule has 4 aromatic rings. The van der Waals surface area contributed by atoms with Crippen LogP contribution in [0.1, 0.15) is 0 Å². The first kappa shape index (κ1) is 15.7. The Bertz CT molecular complexity index is 1020. The number of hydrogen-bond donors (Lipinski definition) is 0. The summed E-state index contributed by atoms with van der Waals surface area (Å²) in [7, 11) is 4.08. The molecule has 0 saturated heterocycles. The lowest BCUT2D eigenvalue weighted by molar-refractivity contribution is 1.09. The fourth-order valence-electron chi connectivity index (χ4n) is 2.98. The van der Waals surface area contributed by atoms with E-state index in [4.69, 9.17) is 16.6 Å². The third-order valence-electron chi connectivity index (χ3n) is 4.29. The van der Waals surface area contributed by atoms with Gasteiger partial charge in [-0.15, -0.1) is 0 Å². The van der Waals surface area contributed by atoms with E-state index in [1.54, 1.807) is 0 Å². The molecule has 0 spiro atoms. The summed E-state index contributed by atoms with van der Waals surface area (Å²) < 4.78 is 2.19. The van der Waals surface area contributed by atoms with E-state index in [-0.39, 0.29) is 0 Å². The summed E-state index contributed by atoms with van der Waals surface area (Å²) in [5.74, 6) is 0.912. The van der Waals surface area contributed by atoms with Gasteiger partial charge in [0.15, 0.2) is 0 Å². The van der Waals surface area contributed by atoms with Gasteiger partial charge < -0.3 is 4.90 Å². The summed E-state index contributed by atoms with van der Waals surface area (Å²) in [6.45, 7) is 0. The van der Waals surface area contributed by atoms with Gasteiger partial charge in [0.2, 0.25) is 0 Å². The number of fused-ring (bicyclic) bond motifs is 1. The standard InChI is InChI=1S/C21H18ClN3/c1-24(2)17-11-13-18(14-12-17)25-20-6-4-3-5-19(20)23-21(25)15-7-9-16(22)10-8-15/h3-14H,1-2H3. The lowest BCUT2D eigenvalue weighted by atomic mass is 10.2. The molecule has 1 aromatic heterocycles. The van der Waals surface area contributed by atoms with E-state index in [0.29, 0.717) is 0 Å². The van der Waals surface area contributed by atoms with Gasteiger partial charge in [-0.25, -0.2) is 4.98 Å². The second kappa shape index (κ2) is 6.26. The number of halogens is 1. The normalized spacial score (nSPS) is 11.0. The van der Waals surface area contributed by atoms with Gasteiger partial charge >= 0.3 is 0 Å². The second-order valence-corrected chi connectivity index (χ2v) is 6.61. The van der Waals surface area contributed by atoms with Crippen LogP contribution in [0.25, 0.3) is 28.1 Å². The predicted octanol–water partition coefficient (Wildman–Crippen LogP) is 5.41. The highest BCUT2D eigenvalue weighted by Gasteiger charge is 2.14. The Kier molecular flexibility index (Phi) is 3.94. The number of aromatic nitrogens is 2. The minimum absolute atomic E-state index is 0.724. The molecule has 4 heteroatoms. The molecule has 3 aromatic carbocycles. The van der Waals surface area contributed by atoms with Crippen molar-refractivity contribution in [3.05, 3.63) is 77.8 Å². The van der Waals surface area contributed by atoms with Gasteiger partial charge in [0.25, 0.3) is 0 Å². The predicted molar refractivity (Wildman–Crippen MR) is 106 cm³/mol. The van der Waals surface area contributed by atoms with Crippen LogP contribution in [0, 0.1) is 0 Å². The molecule has 0 aliphatic carbocycles. The fourth-order valence-corrected chi connectivity index (χ4v) is 3.11. The number of anilines is 1. The van der Waals surface area contributed by atoms with E-state index in [1.165, 1.54) is 5.69 Å². The van der Waals surface area contributed by atoms with Crippen molar-refractivity contribution in [3.8, 4) is 17.1 Å². The number of benzene rings is 3. The van der Waals surface area contributed by atoms with Crippen molar-refractivity contribution >= 4 is 28.3 Å². The molecule has 1 heterocycles. The largest absolute Gasteiger partial charge is 0.378 e. The SMILES string of the molecule is CN(C)c1ccc(-n2c(-c3ccc(Cl)cc3)nc3ccccc32)cc1. The van der Waals surface area contributed by atoms with Crippen molar-refractivity contribution in [1.29, 1.82) is 0 Å². The van der Waals surface area contributed by atoms with E-state index < -0.39 is 0 Å². The number of para-hydroxylation sites is 2. The van der Waals surface area contributed by atoms with Crippen LogP contribution in [0.5, 0.6) is 0 Å². The quantitative estimate of drug-likeness (QED) is 0.494. The van der Waals surface area contributed by atoms with Crippen molar-refractivity contribution in [3.63, 3.8) is 0 Å². The Labute approximate surface area is 152 Å². The molecule has 0 saturated carbocycles. The topological polar surface area (TPSA) is 21.1 Å². The highest BCUT2D eigenvalue weighted by molar-refractivity contribution is 6.30. The molecule has 0 radical (unpaired) electrons. The van der Waals surface area contributed by atoms with Gasteiger partial charge in [-0.1, -0.05) is 23.7 Å². The van der Waals surface area contributed by atoms with E-state index in [1.807, 2.05) is 56.6 Å². The molecule has 0 N–H and O–H groups in total. The molecule has 0 aliphatic rings. The zero-order valence-electron chi connectivity index (χ0n) is 14.1. The third-order valence-corrected chi connectivity index (χ3v) is 4.54. The molecule has 124 valence electrons. The first-order chi connectivity index (χ1) is 12.1. The smallest absolute Gasteiger partial charge is 0.145 e. The summed E-state index contributed by atoms with van der Waals surface area (Å²) in [4.78, 5) is 6.95. The van der Waals surface area contributed by atoms with E-state index in [9.17, 15) is 0 Å². The highest BCUT2D eigenvalue weighted by atomic mass is 35.5. The van der Waals surface area contributed by atoms with Gasteiger partial charge in [-0.3, -0.25) is 4.57 Å². The van der Waals surface area contributed by atoms with Gasteiger partial charge in [-0.05, 0) is 60.7 Å². The minimum atomic E-state index is 0.724. The molecule has 25 heavy (non-hydrogen) atoms. The van der Waals surface area contributed by atoms with Gasteiger partial charge in [-0.2, -0.15) is 0 Å². The van der Waals surface area contributed by atoms with Gasteiger partial charge in [0.05, 0.1) is 11.0 Å². The summed E-state index contributed by atoms with van der Waals surface area (Å²) >= 11 is 6.05. The summed E-state index contributed by atoms with van der Waals surface area (Å²) in [5, 5.41) is 0.724. The second-order valence-electron chi connectivity index (χ2n) is 6.18. The monoisotopic (exact) mass is 347 g/mol. The number of imidazole rings is 1. The van der Waals surface area contributed by atoms with Crippen molar-refractivity contribution in [2.75, 3.05) is 19.0 Å². The average molecular weight is 348 g/mol. The molecule has 3 nitrogen and oxygen atoms in total. The molecular weight excluding hydrogens is 330 g/mol. The number of hydrogen-bond acceptors (Lipinski definition) is 2. The molecular formula is C21H18ClN3. The molecule has 0 amide bonds. The van der Waals surface area contributed by atoms with Crippen molar-refractivity contribution < 1.29 is 0 Å². The summed E-state index contributed by atoms with van der Waals surface area (Å²) in [6, 6.07) is 24.5. The fraction of sp³-hybridized carbons (Fsp3) is 0.0952. The summed E-state index contributed by atoms with van der Waals surface area (Å²) in [6.07, 6.45) is 0. The Morgan fingerprint density at radius 2 is 1.52 bits per heavy atom. The van der Waals surface area contributed by atoms with Crippen LogP contribution in [0.2, 0.25) is 5.02 Å². The van der Waals surface area contributed by atoms with Crippen LogP contribution >= 0.6 is 11.6 Å². The first-order valence-electron chi connectivity index (χ1n) is 8.15. The Balaban J connectivity index is 1.94. The molecule has 0 aliphatic heterocycles. The molecule has 0 unspecified atom stereocenters. The Morgan fingerprint density at radius 3 is 2.20 bits per heavy atom. The van der Waals surface area contributed by atoms with Crippen LogP contribution in [0.4, 0.5) is 5.69 Å². The lowest BCUT2D eigenvalue weighted by Gasteiger charge is -2.14. The number of nitrogens with zero attached hydrogens (tertiary/aromatic N) is 3. The van der Waals surface area contributed by atoms with Crippen molar-refractivity contribution in [2.24, 2.45) is 0 Å². The third kappa shape index (κ3) is 2.87. The highest BCUT2D eigenvalue weighted by Crippen LogP contribution is 2.30.